The van der Waals surface area contributed by atoms with Crippen molar-refractivity contribution in [2.24, 2.45) is 0 Å². The van der Waals surface area contributed by atoms with E-state index >= 15 is 0 Å². The Balaban J connectivity index is 2.30. The van der Waals surface area contributed by atoms with Crippen molar-refractivity contribution in [3.05, 3.63) is 24.3 Å². The van der Waals surface area contributed by atoms with E-state index < -0.39 is 6.04 Å². The van der Waals surface area contributed by atoms with E-state index in [2.05, 4.69) is 5.32 Å². The summed E-state index contributed by atoms with van der Waals surface area (Å²) in [6.07, 6.45) is 2.40. The molecule has 0 fully saturated rings. The fourth-order valence-electron chi connectivity index (χ4n) is 2.65. The van der Waals surface area contributed by atoms with Crippen molar-refractivity contribution >= 4 is 23.3 Å². The number of rotatable bonds is 6. The number of hydrogen-bond acceptors (Lipinski definition) is 4. The highest BCUT2D eigenvalue weighted by Gasteiger charge is 2.37. The molecular formula is C17H24N2O3. The fraction of sp³-hybridized carbons (Fsp3) is 0.529. The van der Waals surface area contributed by atoms with E-state index in [1.807, 2.05) is 38.1 Å². The second kappa shape index (κ2) is 7.29. The first-order chi connectivity index (χ1) is 10.6. The third kappa shape index (κ3) is 3.24. The van der Waals surface area contributed by atoms with Gasteiger partial charge >= 0.3 is 5.97 Å². The standard InChI is InChI=1S/C17H24N2O3/c1-4-8-14-16(20)19(12(3)17(21)22-11-5-2)15-10-7-6-9-13(15)18-14/h6-7,9-10,12,14,18H,4-5,8,11H2,1-3H3. The summed E-state index contributed by atoms with van der Waals surface area (Å²) in [5.74, 6) is -0.427. The Hall–Kier alpha value is -2.04. The van der Waals surface area contributed by atoms with Gasteiger partial charge in [-0.1, -0.05) is 32.4 Å². The number of carbonyl (C=O) groups is 2. The van der Waals surface area contributed by atoms with Crippen molar-refractivity contribution in [3.8, 4) is 0 Å². The van der Waals surface area contributed by atoms with Crippen LogP contribution in [0.3, 0.4) is 0 Å². The van der Waals surface area contributed by atoms with Gasteiger partial charge in [0.05, 0.1) is 18.0 Å². The van der Waals surface area contributed by atoms with Crippen LogP contribution in [0.25, 0.3) is 0 Å². The van der Waals surface area contributed by atoms with Gasteiger partial charge in [-0.25, -0.2) is 4.79 Å². The van der Waals surface area contributed by atoms with Crippen LogP contribution in [0.1, 0.15) is 40.0 Å². The van der Waals surface area contributed by atoms with Crippen LogP contribution in [0.5, 0.6) is 0 Å². The largest absolute Gasteiger partial charge is 0.464 e. The van der Waals surface area contributed by atoms with E-state index in [0.29, 0.717) is 6.61 Å². The Labute approximate surface area is 131 Å². The van der Waals surface area contributed by atoms with E-state index in [1.165, 1.54) is 0 Å². The normalized spacial score (nSPS) is 18.4. The lowest BCUT2D eigenvalue weighted by molar-refractivity contribution is -0.146. The molecule has 1 aliphatic heterocycles. The van der Waals surface area contributed by atoms with Crippen LogP contribution < -0.4 is 10.2 Å². The molecular weight excluding hydrogens is 280 g/mol. The first-order valence-corrected chi connectivity index (χ1v) is 7.95. The molecule has 0 saturated carbocycles. The molecule has 0 aliphatic carbocycles. The number of nitrogens with one attached hydrogen (secondary N) is 1. The first-order valence-electron chi connectivity index (χ1n) is 7.95. The SMILES string of the molecule is CCCOC(=O)C(C)N1C(=O)C(CCC)Nc2ccccc21. The molecule has 5 heteroatoms. The van der Waals surface area contributed by atoms with E-state index in [4.69, 9.17) is 4.74 Å². The lowest BCUT2D eigenvalue weighted by atomic mass is 10.0. The number of benzene rings is 1. The molecule has 22 heavy (non-hydrogen) atoms. The number of esters is 1. The zero-order valence-electron chi connectivity index (χ0n) is 13.5. The summed E-state index contributed by atoms with van der Waals surface area (Å²) < 4.78 is 5.21. The molecule has 2 atom stereocenters. The lowest BCUT2D eigenvalue weighted by Gasteiger charge is -2.37. The number of fused-ring (bicyclic) bond motifs is 1. The molecule has 0 spiro atoms. The minimum Gasteiger partial charge on any atom is -0.464 e. The van der Waals surface area contributed by atoms with Gasteiger partial charge in [-0.2, -0.15) is 0 Å². The van der Waals surface area contributed by atoms with Gasteiger partial charge in [0.1, 0.15) is 12.1 Å². The minimum atomic E-state index is -0.623. The highest BCUT2D eigenvalue weighted by molar-refractivity contribution is 6.08. The quantitative estimate of drug-likeness (QED) is 0.821. The monoisotopic (exact) mass is 304 g/mol. The van der Waals surface area contributed by atoms with Crippen molar-refractivity contribution in [1.29, 1.82) is 0 Å². The number of hydrogen-bond donors (Lipinski definition) is 1. The van der Waals surface area contributed by atoms with E-state index in [0.717, 1.165) is 30.6 Å². The summed E-state index contributed by atoms with van der Waals surface area (Å²) in [4.78, 5) is 26.5. The Kier molecular flexibility index (Phi) is 5.41. The molecule has 1 heterocycles. The predicted octanol–water partition coefficient (Wildman–Crippen LogP) is 2.96. The molecule has 1 aromatic rings. The third-order valence-corrected chi connectivity index (χ3v) is 3.78. The van der Waals surface area contributed by atoms with Crippen molar-refractivity contribution in [2.45, 2.75) is 52.1 Å². The molecule has 2 unspecified atom stereocenters. The van der Waals surface area contributed by atoms with Gasteiger partial charge in [0.25, 0.3) is 0 Å². The van der Waals surface area contributed by atoms with Gasteiger partial charge in [-0.15, -0.1) is 0 Å². The van der Waals surface area contributed by atoms with Crippen LogP contribution in [0.15, 0.2) is 24.3 Å². The molecule has 5 nitrogen and oxygen atoms in total. The number of ether oxygens (including phenoxy) is 1. The van der Waals surface area contributed by atoms with E-state index in [1.54, 1.807) is 11.8 Å². The molecule has 1 amide bonds. The molecule has 1 aromatic carbocycles. The van der Waals surface area contributed by atoms with Gasteiger partial charge in [0.15, 0.2) is 0 Å². The minimum absolute atomic E-state index is 0.0681. The smallest absolute Gasteiger partial charge is 0.328 e. The molecule has 0 bridgehead atoms. The van der Waals surface area contributed by atoms with Crippen LogP contribution in [-0.4, -0.2) is 30.6 Å². The number of anilines is 2. The van der Waals surface area contributed by atoms with Gasteiger partial charge < -0.3 is 10.1 Å². The van der Waals surface area contributed by atoms with Crippen molar-refractivity contribution < 1.29 is 14.3 Å². The van der Waals surface area contributed by atoms with Crippen LogP contribution in [0.4, 0.5) is 11.4 Å². The molecule has 0 aromatic heterocycles. The zero-order valence-corrected chi connectivity index (χ0v) is 13.5. The van der Waals surface area contributed by atoms with Crippen molar-refractivity contribution in [3.63, 3.8) is 0 Å². The van der Waals surface area contributed by atoms with Crippen LogP contribution in [0.2, 0.25) is 0 Å². The molecule has 0 radical (unpaired) electrons. The summed E-state index contributed by atoms with van der Waals surface area (Å²) in [6.45, 7) is 6.09. The first kappa shape index (κ1) is 16.3. The fourth-order valence-corrected chi connectivity index (χ4v) is 2.65. The highest BCUT2D eigenvalue weighted by atomic mass is 16.5. The summed E-state index contributed by atoms with van der Waals surface area (Å²) in [7, 11) is 0. The Morgan fingerprint density at radius 1 is 1.32 bits per heavy atom. The molecule has 0 saturated heterocycles. The summed E-state index contributed by atoms with van der Waals surface area (Å²) in [5, 5.41) is 3.27. The molecule has 2 rings (SSSR count). The Morgan fingerprint density at radius 2 is 2.05 bits per heavy atom. The highest BCUT2D eigenvalue weighted by Crippen LogP contribution is 2.33. The maximum Gasteiger partial charge on any atom is 0.328 e. The summed E-state index contributed by atoms with van der Waals surface area (Å²) in [5.41, 5.74) is 1.62. The maximum absolute atomic E-state index is 12.8. The van der Waals surface area contributed by atoms with Crippen molar-refractivity contribution in [1.82, 2.24) is 0 Å². The summed E-state index contributed by atoms with van der Waals surface area (Å²) >= 11 is 0. The number of nitrogens with zero attached hydrogens (tertiary/aromatic N) is 1. The van der Waals surface area contributed by atoms with E-state index in [9.17, 15) is 9.59 Å². The Morgan fingerprint density at radius 3 is 2.73 bits per heavy atom. The van der Waals surface area contributed by atoms with Crippen molar-refractivity contribution in [2.75, 3.05) is 16.8 Å². The van der Waals surface area contributed by atoms with Gasteiger partial charge in [-0.05, 0) is 31.9 Å². The number of carbonyl (C=O) groups excluding carboxylic acids is 2. The number of para-hydroxylation sites is 2. The topological polar surface area (TPSA) is 58.6 Å². The van der Waals surface area contributed by atoms with Crippen LogP contribution in [-0.2, 0) is 14.3 Å². The molecule has 1 aliphatic rings. The lowest BCUT2D eigenvalue weighted by Crippen LogP contribution is -2.53. The average molecular weight is 304 g/mol. The third-order valence-electron chi connectivity index (χ3n) is 3.78. The predicted molar refractivity (Wildman–Crippen MR) is 87.0 cm³/mol. The molecule has 1 N–H and O–H groups in total. The van der Waals surface area contributed by atoms with Gasteiger partial charge in [-0.3, -0.25) is 9.69 Å². The zero-order chi connectivity index (χ0) is 16.1. The summed E-state index contributed by atoms with van der Waals surface area (Å²) in [6, 6.07) is 6.66. The average Bonchev–Trinajstić information content (AvgIpc) is 2.53. The van der Waals surface area contributed by atoms with E-state index in [-0.39, 0.29) is 17.9 Å². The van der Waals surface area contributed by atoms with Crippen LogP contribution >= 0.6 is 0 Å². The second-order valence-corrected chi connectivity index (χ2v) is 5.55. The van der Waals surface area contributed by atoms with Gasteiger partial charge in [0, 0.05) is 0 Å². The maximum atomic E-state index is 12.8. The van der Waals surface area contributed by atoms with Gasteiger partial charge in [0.2, 0.25) is 5.91 Å². The number of amides is 1. The molecule has 120 valence electrons. The van der Waals surface area contributed by atoms with Crippen LogP contribution in [0, 0.1) is 0 Å². The second-order valence-electron chi connectivity index (χ2n) is 5.55. The Bertz CT molecular complexity index is 544.